The minimum Gasteiger partial charge on any atom is -0.392 e. The number of benzene rings is 1. The standard InChI is InChI=1S/C11H16FNO/c1-2-10(14)8-13-7-9-5-3-4-6-11(9)12/h3-6,10,13-14H,2,7-8H2,1H3. The molecule has 0 heterocycles. The molecule has 2 N–H and O–H groups in total. The summed E-state index contributed by atoms with van der Waals surface area (Å²) >= 11 is 0. The number of hydrogen-bond donors (Lipinski definition) is 2. The fourth-order valence-electron chi connectivity index (χ4n) is 1.16. The van der Waals surface area contributed by atoms with Crippen molar-refractivity contribution < 1.29 is 9.50 Å². The van der Waals surface area contributed by atoms with Gasteiger partial charge in [0.15, 0.2) is 0 Å². The smallest absolute Gasteiger partial charge is 0.127 e. The molecule has 0 aliphatic rings. The number of halogens is 1. The molecule has 0 aromatic heterocycles. The molecule has 0 saturated heterocycles. The van der Waals surface area contributed by atoms with E-state index in [9.17, 15) is 9.50 Å². The van der Waals surface area contributed by atoms with Gasteiger partial charge in [-0.2, -0.15) is 0 Å². The normalized spacial score (nSPS) is 12.8. The Balaban J connectivity index is 2.35. The molecule has 1 rings (SSSR count). The predicted octanol–water partition coefficient (Wildman–Crippen LogP) is 1.69. The van der Waals surface area contributed by atoms with Crippen molar-refractivity contribution in [2.45, 2.75) is 26.0 Å². The summed E-state index contributed by atoms with van der Waals surface area (Å²) in [5.41, 5.74) is 0.635. The summed E-state index contributed by atoms with van der Waals surface area (Å²) in [5, 5.41) is 12.3. The van der Waals surface area contributed by atoms with Crippen molar-refractivity contribution in [1.29, 1.82) is 0 Å². The van der Waals surface area contributed by atoms with Gasteiger partial charge in [-0.15, -0.1) is 0 Å². The summed E-state index contributed by atoms with van der Waals surface area (Å²) in [7, 11) is 0. The Bertz CT molecular complexity index is 278. The van der Waals surface area contributed by atoms with E-state index in [1.807, 2.05) is 6.92 Å². The molecule has 1 aromatic rings. The van der Waals surface area contributed by atoms with Gasteiger partial charge in [0.05, 0.1) is 6.10 Å². The zero-order valence-corrected chi connectivity index (χ0v) is 8.33. The summed E-state index contributed by atoms with van der Waals surface area (Å²) in [4.78, 5) is 0. The van der Waals surface area contributed by atoms with Crippen molar-refractivity contribution in [1.82, 2.24) is 5.32 Å². The van der Waals surface area contributed by atoms with Gasteiger partial charge in [0.25, 0.3) is 0 Å². The van der Waals surface area contributed by atoms with Crippen molar-refractivity contribution in [3.8, 4) is 0 Å². The Hall–Kier alpha value is -0.930. The van der Waals surface area contributed by atoms with E-state index in [1.165, 1.54) is 6.07 Å². The van der Waals surface area contributed by atoms with Crippen LogP contribution in [0.3, 0.4) is 0 Å². The van der Waals surface area contributed by atoms with Crippen molar-refractivity contribution in [3.63, 3.8) is 0 Å². The predicted molar refractivity (Wildman–Crippen MR) is 54.4 cm³/mol. The van der Waals surface area contributed by atoms with Gasteiger partial charge >= 0.3 is 0 Å². The van der Waals surface area contributed by atoms with Gasteiger partial charge < -0.3 is 10.4 Å². The number of rotatable bonds is 5. The van der Waals surface area contributed by atoms with Crippen molar-refractivity contribution in [2.75, 3.05) is 6.54 Å². The molecule has 0 radical (unpaired) electrons. The molecule has 0 fully saturated rings. The Kier molecular flexibility index (Phi) is 4.56. The lowest BCUT2D eigenvalue weighted by molar-refractivity contribution is 0.167. The van der Waals surface area contributed by atoms with Crippen LogP contribution in [-0.4, -0.2) is 17.8 Å². The van der Waals surface area contributed by atoms with E-state index in [0.29, 0.717) is 25.1 Å². The third-order valence-corrected chi connectivity index (χ3v) is 2.12. The van der Waals surface area contributed by atoms with E-state index in [1.54, 1.807) is 18.2 Å². The lowest BCUT2D eigenvalue weighted by Crippen LogP contribution is -2.26. The summed E-state index contributed by atoms with van der Waals surface area (Å²) in [6, 6.07) is 6.64. The van der Waals surface area contributed by atoms with Crippen LogP contribution in [0.15, 0.2) is 24.3 Å². The average molecular weight is 197 g/mol. The Morgan fingerprint density at radius 2 is 2.14 bits per heavy atom. The molecule has 78 valence electrons. The van der Waals surface area contributed by atoms with Gasteiger partial charge in [-0.3, -0.25) is 0 Å². The highest BCUT2D eigenvalue weighted by atomic mass is 19.1. The minimum atomic E-state index is -0.346. The molecule has 1 atom stereocenters. The molecule has 0 saturated carbocycles. The fraction of sp³-hybridized carbons (Fsp3) is 0.455. The first-order chi connectivity index (χ1) is 6.74. The van der Waals surface area contributed by atoms with Gasteiger partial charge in [-0.1, -0.05) is 25.1 Å². The molecule has 2 nitrogen and oxygen atoms in total. The Morgan fingerprint density at radius 3 is 2.79 bits per heavy atom. The van der Waals surface area contributed by atoms with E-state index < -0.39 is 0 Å². The topological polar surface area (TPSA) is 32.3 Å². The Labute approximate surface area is 83.8 Å². The van der Waals surface area contributed by atoms with Crippen molar-refractivity contribution in [3.05, 3.63) is 35.6 Å². The van der Waals surface area contributed by atoms with Gasteiger partial charge in [0.1, 0.15) is 5.82 Å². The maximum Gasteiger partial charge on any atom is 0.127 e. The molecule has 3 heteroatoms. The van der Waals surface area contributed by atoms with Crippen LogP contribution in [0.4, 0.5) is 4.39 Å². The van der Waals surface area contributed by atoms with E-state index in [2.05, 4.69) is 5.32 Å². The van der Waals surface area contributed by atoms with Crippen LogP contribution in [0, 0.1) is 5.82 Å². The minimum absolute atomic E-state index is 0.203. The summed E-state index contributed by atoms with van der Waals surface area (Å²) in [6.45, 7) is 2.88. The lowest BCUT2D eigenvalue weighted by Gasteiger charge is -2.09. The zero-order valence-electron chi connectivity index (χ0n) is 8.33. The van der Waals surface area contributed by atoms with Crippen LogP contribution < -0.4 is 5.32 Å². The summed E-state index contributed by atoms with van der Waals surface area (Å²) in [5.74, 6) is -0.203. The van der Waals surface area contributed by atoms with Gasteiger partial charge in [-0.25, -0.2) is 4.39 Å². The van der Waals surface area contributed by atoms with E-state index in [0.717, 1.165) is 0 Å². The highest BCUT2D eigenvalue weighted by Crippen LogP contribution is 2.05. The first-order valence-corrected chi connectivity index (χ1v) is 4.86. The average Bonchev–Trinajstić information content (AvgIpc) is 2.20. The number of hydrogen-bond acceptors (Lipinski definition) is 2. The third kappa shape index (κ3) is 3.44. The van der Waals surface area contributed by atoms with E-state index in [-0.39, 0.29) is 11.9 Å². The maximum absolute atomic E-state index is 13.1. The van der Waals surface area contributed by atoms with Gasteiger partial charge in [0, 0.05) is 18.7 Å². The first kappa shape index (κ1) is 11.1. The first-order valence-electron chi connectivity index (χ1n) is 4.86. The zero-order chi connectivity index (χ0) is 10.4. The Morgan fingerprint density at radius 1 is 1.43 bits per heavy atom. The fourth-order valence-corrected chi connectivity index (χ4v) is 1.16. The van der Waals surface area contributed by atoms with E-state index in [4.69, 9.17) is 0 Å². The molecule has 1 aromatic carbocycles. The monoisotopic (exact) mass is 197 g/mol. The molecule has 0 spiro atoms. The van der Waals surface area contributed by atoms with Crippen LogP contribution in [0.5, 0.6) is 0 Å². The summed E-state index contributed by atoms with van der Waals surface area (Å²) in [6.07, 6.45) is 0.367. The number of nitrogens with one attached hydrogen (secondary N) is 1. The number of aliphatic hydroxyl groups excluding tert-OH is 1. The molecular weight excluding hydrogens is 181 g/mol. The second kappa shape index (κ2) is 5.73. The highest BCUT2D eigenvalue weighted by Gasteiger charge is 2.02. The SMILES string of the molecule is CCC(O)CNCc1ccccc1F. The third-order valence-electron chi connectivity index (χ3n) is 2.12. The maximum atomic E-state index is 13.1. The van der Waals surface area contributed by atoms with Crippen LogP contribution in [0.25, 0.3) is 0 Å². The summed E-state index contributed by atoms with van der Waals surface area (Å²) < 4.78 is 13.1. The molecule has 0 aliphatic carbocycles. The van der Waals surface area contributed by atoms with E-state index >= 15 is 0 Å². The highest BCUT2D eigenvalue weighted by molar-refractivity contribution is 5.16. The number of aliphatic hydroxyl groups is 1. The lowest BCUT2D eigenvalue weighted by atomic mass is 10.2. The molecule has 1 unspecified atom stereocenters. The van der Waals surface area contributed by atoms with Crippen molar-refractivity contribution >= 4 is 0 Å². The van der Waals surface area contributed by atoms with Crippen LogP contribution in [0.1, 0.15) is 18.9 Å². The molecular formula is C11H16FNO. The second-order valence-corrected chi connectivity index (χ2v) is 3.28. The largest absolute Gasteiger partial charge is 0.392 e. The molecule has 0 aliphatic heterocycles. The van der Waals surface area contributed by atoms with Gasteiger partial charge in [-0.05, 0) is 12.5 Å². The van der Waals surface area contributed by atoms with Crippen LogP contribution in [-0.2, 0) is 6.54 Å². The molecule has 14 heavy (non-hydrogen) atoms. The van der Waals surface area contributed by atoms with Gasteiger partial charge in [0.2, 0.25) is 0 Å². The second-order valence-electron chi connectivity index (χ2n) is 3.28. The van der Waals surface area contributed by atoms with Crippen LogP contribution >= 0.6 is 0 Å². The molecule has 0 amide bonds. The van der Waals surface area contributed by atoms with Crippen LogP contribution in [0.2, 0.25) is 0 Å². The van der Waals surface area contributed by atoms with Crippen molar-refractivity contribution in [2.24, 2.45) is 0 Å². The molecule has 0 bridgehead atoms. The quantitative estimate of drug-likeness (QED) is 0.752.